The van der Waals surface area contributed by atoms with E-state index in [4.69, 9.17) is 9.47 Å². The summed E-state index contributed by atoms with van der Waals surface area (Å²) in [6, 6.07) is 67.2. The Hall–Kier alpha value is -7.36. The SMILES string of the molecule is C1=CC2=C(CC1)c1ccccc1C21c2ccccc2-c2c1ccc1c2Oc2cc(N(c3ccccc3)c3ccccc3-c3ccc(-c4ccccc4)cc3)ccc2O1. The fourth-order valence-corrected chi connectivity index (χ4v) is 10.0. The summed E-state index contributed by atoms with van der Waals surface area (Å²) in [7, 11) is 0. The topological polar surface area (TPSA) is 21.7 Å². The van der Waals surface area contributed by atoms with Crippen LogP contribution < -0.4 is 14.4 Å². The quantitative estimate of drug-likeness (QED) is 0.175. The molecule has 4 aliphatic rings. The van der Waals surface area contributed by atoms with E-state index in [0.29, 0.717) is 11.5 Å². The number of nitrogens with zero attached hydrogens (tertiary/aromatic N) is 1. The Morgan fingerprint density at radius 3 is 1.90 bits per heavy atom. The second kappa shape index (κ2) is 12.8. The van der Waals surface area contributed by atoms with Crippen LogP contribution in [0.15, 0.2) is 206 Å². The third-order valence-corrected chi connectivity index (χ3v) is 12.4. The van der Waals surface area contributed by atoms with Gasteiger partial charge in [0.05, 0.1) is 16.8 Å². The van der Waals surface area contributed by atoms with E-state index in [1.165, 1.54) is 50.1 Å². The number of hydrogen-bond donors (Lipinski definition) is 0. The minimum atomic E-state index is -0.414. The highest BCUT2D eigenvalue weighted by Gasteiger charge is 2.53. The van der Waals surface area contributed by atoms with Crippen molar-refractivity contribution in [1.29, 1.82) is 0 Å². The van der Waals surface area contributed by atoms with Gasteiger partial charge in [-0.3, -0.25) is 0 Å². The maximum atomic E-state index is 7.15. The lowest BCUT2D eigenvalue weighted by Crippen LogP contribution is -2.27. The second-order valence-electron chi connectivity index (χ2n) is 15.5. The Bertz CT molecular complexity index is 3000. The first kappa shape index (κ1) is 32.8. The van der Waals surface area contributed by atoms with Crippen molar-refractivity contribution in [3.05, 3.63) is 228 Å². The molecule has 0 saturated heterocycles. The van der Waals surface area contributed by atoms with Gasteiger partial charge >= 0.3 is 0 Å². The fraction of sp³-hybridized carbons (Fsp3) is 0.0545. The highest BCUT2D eigenvalue weighted by Crippen LogP contribution is 2.66. The van der Waals surface area contributed by atoms with Crippen molar-refractivity contribution in [2.45, 2.75) is 18.3 Å². The molecule has 0 amide bonds. The highest BCUT2D eigenvalue weighted by atomic mass is 16.6. The molecule has 1 heterocycles. The first-order chi connectivity index (χ1) is 28.8. The van der Waals surface area contributed by atoms with Crippen molar-refractivity contribution in [1.82, 2.24) is 0 Å². The largest absolute Gasteiger partial charge is 0.449 e. The number of benzene rings is 8. The van der Waals surface area contributed by atoms with Crippen molar-refractivity contribution in [2.24, 2.45) is 0 Å². The van der Waals surface area contributed by atoms with E-state index in [1.807, 2.05) is 6.07 Å². The zero-order chi connectivity index (χ0) is 38.2. The normalized spacial score (nSPS) is 16.3. The molecule has 0 bridgehead atoms. The van der Waals surface area contributed by atoms with E-state index in [2.05, 4.69) is 199 Å². The molecule has 3 aliphatic carbocycles. The molecule has 0 aromatic heterocycles. The summed E-state index contributed by atoms with van der Waals surface area (Å²) in [4.78, 5) is 2.32. The van der Waals surface area contributed by atoms with Crippen LogP contribution >= 0.6 is 0 Å². The molecule has 8 aromatic carbocycles. The molecule has 1 aliphatic heterocycles. The van der Waals surface area contributed by atoms with Gasteiger partial charge in [0.15, 0.2) is 23.0 Å². The summed E-state index contributed by atoms with van der Waals surface area (Å²) < 4.78 is 13.9. The van der Waals surface area contributed by atoms with Crippen LogP contribution in [0.4, 0.5) is 17.1 Å². The van der Waals surface area contributed by atoms with Gasteiger partial charge < -0.3 is 14.4 Å². The Balaban J connectivity index is 0.989. The molecule has 0 N–H and O–H groups in total. The number of para-hydroxylation sites is 2. The maximum absolute atomic E-state index is 7.15. The van der Waals surface area contributed by atoms with Crippen LogP contribution in [0.2, 0.25) is 0 Å². The number of rotatable bonds is 5. The summed E-state index contributed by atoms with van der Waals surface area (Å²) in [5.41, 5.74) is 17.8. The lowest BCUT2D eigenvalue weighted by molar-refractivity contribution is 0.360. The lowest BCUT2D eigenvalue weighted by Gasteiger charge is -2.33. The molecule has 1 spiro atoms. The molecule has 12 rings (SSSR count). The molecule has 0 saturated carbocycles. The van der Waals surface area contributed by atoms with Gasteiger partial charge in [0.25, 0.3) is 0 Å². The Kier molecular flexibility index (Phi) is 7.27. The van der Waals surface area contributed by atoms with Crippen molar-refractivity contribution in [2.75, 3.05) is 4.90 Å². The van der Waals surface area contributed by atoms with Crippen molar-refractivity contribution < 1.29 is 9.47 Å². The molecule has 3 heteroatoms. The molecule has 0 fully saturated rings. The maximum Gasteiger partial charge on any atom is 0.178 e. The van der Waals surface area contributed by atoms with Crippen LogP contribution in [0, 0.1) is 0 Å². The minimum Gasteiger partial charge on any atom is -0.449 e. The average molecular weight is 744 g/mol. The zero-order valence-corrected chi connectivity index (χ0v) is 31.7. The van der Waals surface area contributed by atoms with Crippen LogP contribution in [0.25, 0.3) is 39.0 Å². The van der Waals surface area contributed by atoms with Gasteiger partial charge in [-0.15, -0.1) is 0 Å². The van der Waals surface area contributed by atoms with E-state index in [0.717, 1.165) is 58.1 Å². The van der Waals surface area contributed by atoms with Crippen LogP contribution in [-0.2, 0) is 5.41 Å². The van der Waals surface area contributed by atoms with Crippen LogP contribution in [0.1, 0.15) is 35.1 Å². The van der Waals surface area contributed by atoms with Gasteiger partial charge in [-0.1, -0.05) is 158 Å². The van der Waals surface area contributed by atoms with Gasteiger partial charge in [-0.25, -0.2) is 0 Å². The molecular formula is C55H37NO2. The van der Waals surface area contributed by atoms with Crippen LogP contribution in [0.5, 0.6) is 23.0 Å². The molecule has 0 radical (unpaired) electrons. The van der Waals surface area contributed by atoms with Gasteiger partial charge in [0, 0.05) is 22.9 Å². The molecule has 1 atom stereocenters. The molecular weight excluding hydrogens is 707 g/mol. The Labute approximate surface area is 338 Å². The standard InChI is InChI=1S/C55H37NO2/c1-3-15-36(16-4-1)37-27-29-38(30-28-37)41-19-10-14-26-49(41)56(39-17-5-2-6-18-39)40-31-33-50-52(35-40)58-54-51(57-50)34-32-48-53(54)44-22-9-13-25-47(44)55(48)45-23-11-7-20-42(45)43-21-8-12-24-46(43)55/h1-7,9-20,22-35H,8,21H2. The van der Waals surface area contributed by atoms with Crippen molar-refractivity contribution in [3.8, 4) is 56.4 Å². The predicted molar refractivity (Wildman–Crippen MR) is 236 cm³/mol. The Morgan fingerprint density at radius 2 is 1.09 bits per heavy atom. The minimum absolute atomic E-state index is 0.414. The molecule has 8 aromatic rings. The van der Waals surface area contributed by atoms with Gasteiger partial charge in [0.2, 0.25) is 0 Å². The van der Waals surface area contributed by atoms with Crippen LogP contribution in [-0.4, -0.2) is 0 Å². The third-order valence-electron chi connectivity index (χ3n) is 12.4. The van der Waals surface area contributed by atoms with E-state index in [-0.39, 0.29) is 0 Å². The Morgan fingerprint density at radius 1 is 0.448 bits per heavy atom. The van der Waals surface area contributed by atoms with Gasteiger partial charge in [-0.2, -0.15) is 0 Å². The van der Waals surface area contributed by atoms with E-state index >= 15 is 0 Å². The molecule has 1 unspecified atom stereocenters. The summed E-state index contributed by atoms with van der Waals surface area (Å²) in [6.07, 6.45) is 6.84. The van der Waals surface area contributed by atoms with E-state index in [9.17, 15) is 0 Å². The monoisotopic (exact) mass is 743 g/mol. The predicted octanol–water partition coefficient (Wildman–Crippen LogP) is 14.8. The fourth-order valence-electron chi connectivity index (χ4n) is 10.0. The molecule has 274 valence electrons. The van der Waals surface area contributed by atoms with E-state index < -0.39 is 5.41 Å². The first-order valence-electron chi connectivity index (χ1n) is 20.1. The number of fused-ring (bicyclic) bond motifs is 12. The summed E-state index contributed by atoms with van der Waals surface area (Å²) >= 11 is 0. The third kappa shape index (κ3) is 4.74. The average Bonchev–Trinajstić information content (AvgIpc) is 3.77. The summed E-state index contributed by atoms with van der Waals surface area (Å²) in [5.74, 6) is 2.88. The smallest absolute Gasteiger partial charge is 0.178 e. The molecule has 3 nitrogen and oxygen atoms in total. The van der Waals surface area contributed by atoms with E-state index in [1.54, 1.807) is 0 Å². The van der Waals surface area contributed by atoms with Crippen LogP contribution in [0.3, 0.4) is 0 Å². The number of anilines is 3. The molecule has 58 heavy (non-hydrogen) atoms. The number of ether oxygens (including phenoxy) is 2. The zero-order valence-electron chi connectivity index (χ0n) is 31.7. The highest BCUT2D eigenvalue weighted by molar-refractivity contribution is 5.99. The summed E-state index contributed by atoms with van der Waals surface area (Å²) in [6.45, 7) is 0. The number of allylic oxidation sites excluding steroid dienone is 4. The lowest BCUT2D eigenvalue weighted by atomic mass is 9.69. The second-order valence-corrected chi connectivity index (χ2v) is 15.5. The first-order valence-corrected chi connectivity index (χ1v) is 20.1. The number of hydrogen-bond acceptors (Lipinski definition) is 3. The van der Waals surface area contributed by atoms with Gasteiger partial charge in [-0.05, 0) is 105 Å². The van der Waals surface area contributed by atoms with Crippen molar-refractivity contribution >= 4 is 22.6 Å². The summed E-state index contributed by atoms with van der Waals surface area (Å²) in [5, 5.41) is 0. The van der Waals surface area contributed by atoms with Crippen molar-refractivity contribution in [3.63, 3.8) is 0 Å². The van der Waals surface area contributed by atoms with Gasteiger partial charge in [0.1, 0.15) is 0 Å².